The minimum Gasteiger partial charge on any atom is -0.478 e. The summed E-state index contributed by atoms with van der Waals surface area (Å²) >= 11 is 0.935. The van der Waals surface area contributed by atoms with Crippen LogP contribution >= 0.6 is 11.8 Å². The molecule has 2 aromatic carbocycles. The number of aliphatic imine (C=N–C) groups is 1. The molecule has 2 aliphatic rings. The smallest absolute Gasteiger partial charge is 0.335 e. The first-order chi connectivity index (χ1) is 14.3. The third-order valence-electron chi connectivity index (χ3n) is 4.55. The number of fused-ring (bicyclic) bond motifs is 1. The Hall–Kier alpha value is -3.92. The number of amides is 2. The molecule has 150 valence electrons. The lowest BCUT2D eigenvalue weighted by molar-refractivity contribution is -0.116. The van der Waals surface area contributed by atoms with Crippen LogP contribution in [0.4, 0.5) is 11.4 Å². The average Bonchev–Trinajstić information content (AvgIpc) is 3.18. The predicted octanol–water partition coefficient (Wildman–Crippen LogP) is 2.32. The van der Waals surface area contributed by atoms with Crippen molar-refractivity contribution < 1.29 is 29.4 Å². The predicted molar refractivity (Wildman–Crippen MR) is 110 cm³/mol. The van der Waals surface area contributed by atoms with E-state index in [2.05, 4.69) is 10.3 Å². The summed E-state index contributed by atoms with van der Waals surface area (Å²) < 4.78 is 0. The highest BCUT2D eigenvalue weighted by Gasteiger charge is 2.37. The van der Waals surface area contributed by atoms with E-state index in [1.54, 1.807) is 31.3 Å². The molecule has 10 heteroatoms. The zero-order valence-corrected chi connectivity index (χ0v) is 16.2. The van der Waals surface area contributed by atoms with E-state index >= 15 is 0 Å². The van der Waals surface area contributed by atoms with Crippen LogP contribution in [0.3, 0.4) is 0 Å². The summed E-state index contributed by atoms with van der Waals surface area (Å²) in [6.45, 7) is 0. The number of nitrogens with one attached hydrogen (secondary N) is 1. The van der Waals surface area contributed by atoms with Gasteiger partial charge in [0.25, 0.3) is 11.8 Å². The van der Waals surface area contributed by atoms with Crippen molar-refractivity contribution in [1.29, 1.82) is 0 Å². The van der Waals surface area contributed by atoms with Crippen LogP contribution in [0.5, 0.6) is 0 Å². The standard InChI is InChI=1S/C20H13N3O6S/c1-23-13-5-3-2-4-12(13)14(17(23)25)15-16(24)22-20(30-15)21-11-7-9(18(26)27)6-10(8-11)19(28)29/h2-8H,1H3,(H,26,27)(H,28,29)(H,21,22,24)/b15-14-. The van der Waals surface area contributed by atoms with Gasteiger partial charge in [0.05, 0.1) is 33.0 Å². The summed E-state index contributed by atoms with van der Waals surface area (Å²) in [5.41, 5.74) is 1.13. The molecule has 2 heterocycles. The normalized spacial score (nSPS) is 19.2. The number of anilines is 1. The largest absolute Gasteiger partial charge is 0.478 e. The zero-order chi connectivity index (χ0) is 21.6. The molecule has 9 nitrogen and oxygen atoms in total. The Morgan fingerprint density at radius 1 is 1.03 bits per heavy atom. The average molecular weight is 423 g/mol. The number of benzene rings is 2. The molecule has 4 rings (SSSR count). The van der Waals surface area contributed by atoms with Crippen LogP contribution in [0.2, 0.25) is 0 Å². The topological polar surface area (TPSA) is 136 Å². The van der Waals surface area contributed by atoms with Crippen LogP contribution < -0.4 is 10.2 Å². The molecule has 2 aliphatic heterocycles. The molecule has 0 aromatic heterocycles. The lowest BCUT2D eigenvalue weighted by atomic mass is 10.1. The quantitative estimate of drug-likeness (QED) is 0.645. The van der Waals surface area contributed by atoms with E-state index in [-0.39, 0.29) is 38.4 Å². The second-order valence-corrected chi connectivity index (χ2v) is 7.44. The Kier molecular flexibility index (Phi) is 4.63. The fourth-order valence-corrected chi connectivity index (χ4v) is 4.10. The number of likely N-dealkylation sites (N-methyl/N-ethyl adjacent to an activating group) is 1. The summed E-state index contributed by atoms with van der Waals surface area (Å²) in [7, 11) is 1.62. The summed E-state index contributed by atoms with van der Waals surface area (Å²) in [4.78, 5) is 53.6. The first-order valence-corrected chi connectivity index (χ1v) is 9.39. The van der Waals surface area contributed by atoms with Crippen molar-refractivity contribution >= 4 is 57.6 Å². The fraction of sp³-hybridized carbons (Fsp3) is 0.0500. The summed E-state index contributed by atoms with van der Waals surface area (Å²) in [5, 5.41) is 21.0. The molecule has 1 saturated heterocycles. The lowest BCUT2D eigenvalue weighted by Crippen LogP contribution is -2.23. The molecular weight excluding hydrogens is 410 g/mol. The number of carbonyl (C=O) groups excluding carboxylic acids is 2. The zero-order valence-electron chi connectivity index (χ0n) is 15.4. The number of hydrogen-bond donors (Lipinski definition) is 3. The van der Waals surface area contributed by atoms with Gasteiger partial charge in [0.1, 0.15) is 0 Å². The Labute approximate surface area is 173 Å². The van der Waals surface area contributed by atoms with Gasteiger partial charge in [0.15, 0.2) is 5.17 Å². The monoisotopic (exact) mass is 423 g/mol. The molecule has 30 heavy (non-hydrogen) atoms. The van der Waals surface area contributed by atoms with Gasteiger partial charge in [-0.15, -0.1) is 0 Å². The number of carboxylic acid groups (broad SMARTS) is 2. The second-order valence-electron chi connectivity index (χ2n) is 6.44. The van der Waals surface area contributed by atoms with E-state index in [1.165, 1.54) is 17.0 Å². The number of hydrogen-bond acceptors (Lipinski definition) is 6. The maximum absolute atomic E-state index is 12.7. The first kappa shape index (κ1) is 19.4. The van der Waals surface area contributed by atoms with Gasteiger partial charge < -0.3 is 20.4 Å². The van der Waals surface area contributed by atoms with Crippen molar-refractivity contribution in [2.75, 3.05) is 11.9 Å². The molecule has 0 saturated carbocycles. The number of thioether (sulfide) groups is 1. The highest BCUT2D eigenvalue weighted by atomic mass is 32.2. The second kappa shape index (κ2) is 7.16. The third kappa shape index (κ3) is 3.22. The number of carboxylic acids is 2. The van der Waals surface area contributed by atoms with Crippen LogP contribution in [-0.4, -0.2) is 46.2 Å². The van der Waals surface area contributed by atoms with E-state index in [0.29, 0.717) is 11.3 Å². The molecule has 3 N–H and O–H groups in total. The van der Waals surface area contributed by atoms with Crippen LogP contribution in [0, 0.1) is 0 Å². The summed E-state index contributed by atoms with van der Waals surface area (Å²) in [5.74, 6) is -3.44. The van der Waals surface area contributed by atoms with Crippen LogP contribution in [-0.2, 0) is 9.59 Å². The Balaban J connectivity index is 1.76. The molecule has 0 unspecified atom stereocenters. The maximum Gasteiger partial charge on any atom is 0.335 e. The molecule has 2 aromatic rings. The van der Waals surface area contributed by atoms with Gasteiger partial charge in [-0.3, -0.25) is 9.59 Å². The van der Waals surface area contributed by atoms with E-state index in [0.717, 1.165) is 17.8 Å². The summed E-state index contributed by atoms with van der Waals surface area (Å²) in [6.07, 6.45) is 0. The first-order valence-electron chi connectivity index (χ1n) is 8.57. The molecule has 1 fully saturated rings. The number of nitrogens with zero attached hydrogens (tertiary/aromatic N) is 2. The highest BCUT2D eigenvalue weighted by molar-refractivity contribution is 8.18. The van der Waals surface area contributed by atoms with Crippen molar-refractivity contribution in [3.05, 3.63) is 64.1 Å². The molecule has 0 aliphatic carbocycles. The molecular formula is C20H13N3O6S. The molecule has 2 amide bonds. The number of aromatic carboxylic acids is 2. The molecule has 0 radical (unpaired) electrons. The van der Waals surface area contributed by atoms with Crippen molar-refractivity contribution in [1.82, 2.24) is 5.32 Å². The summed E-state index contributed by atoms with van der Waals surface area (Å²) in [6, 6.07) is 10.5. The van der Waals surface area contributed by atoms with Crippen molar-refractivity contribution in [3.63, 3.8) is 0 Å². The van der Waals surface area contributed by atoms with Gasteiger partial charge in [-0.25, -0.2) is 14.6 Å². The number of rotatable bonds is 3. The van der Waals surface area contributed by atoms with Crippen molar-refractivity contribution in [2.24, 2.45) is 4.99 Å². The van der Waals surface area contributed by atoms with Crippen molar-refractivity contribution in [3.8, 4) is 0 Å². The van der Waals surface area contributed by atoms with Gasteiger partial charge >= 0.3 is 11.9 Å². The van der Waals surface area contributed by atoms with E-state index in [1.807, 2.05) is 0 Å². The van der Waals surface area contributed by atoms with Crippen molar-refractivity contribution in [2.45, 2.75) is 0 Å². The van der Waals surface area contributed by atoms with Crippen LogP contribution in [0.15, 0.2) is 52.4 Å². The van der Waals surface area contributed by atoms with Gasteiger partial charge in [-0.2, -0.15) is 0 Å². The Morgan fingerprint density at radius 3 is 2.30 bits per heavy atom. The Morgan fingerprint density at radius 2 is 1.67 bits per heavy atom. The van der Waals surface area contributed by atoms with Gasteiger partial charge in [0, 0.05) is 12.6 Å². The minimum atomic E-state index is -1.30. The SMILES string of the molecule is CN1C(=O)/C(=C2\SC(=Nc3cc(C(=O)O)cc(C(=O)O)c3)NC2=O)c2ccccc21. The fourth-order valence-electron chi connectivity index (χ4n) is 3.17. The van der Waals surface area contributed by atoms with Crippen LogP contribution in [0.1, 0.15) is 26.3 Å². The van der Waals surface area contributed by atoms with Crippen LogP contribution in [0.25, 0.3) is 5.57 Å². The Bertz CT molecular complexity index is 1180. The highest BCUT2D eigenvalue weighted by Crippen LogP contribution is 2.42. The van der Waals surface area contributed by atoms with E-state index in [9.17, 15) is 29.4 Å². The lowest BCUT2D eigenvalue weighted by Gasteiger charge is -2.08. The molecule has 0 bridgehead atoms. The number of para-hydroxylation sites is 1. The minimum absolute atomic E-state index is 0.0524. The maximum atomic E-state index is 12.7. The van der Waals surface area contributed by atoms with E-state index in [4.69, 9.17) is 0 Å². The van der Waals surface area contributed by atoms with Gasteiger partial charge in [0.2, 0.25) is 0 Å². The van der Waals surface area contributed by atoms with Gasteiger partial charge in [-0.1, -0.05) is 18.2 Å². The molecule has 0 spiro atoms. The van der Waals surface area contributed by atoms with Gasteiger partial charge in [-0.05, 0) is 36.0 Å². The third-order valence-corrected chi connectivity index (χ3v) is 5.53. The molecule has 0 atom stereocenters. The van der Waals surface area contributed by atoms with E-state index < -0.39 is 17.8 Å². The number of amidine groups is 1. The number of carbonyl (C=O) groups is 4.